The number of piperazine rings is 1. The second kappa shape index (κ2) is 12.7. The second-order valence-electron chi connectivity index (χ2n) is 12.2. The molecule has 1 fully saturated rings. The van der Waals surface area contributed by atoms with Gasteiger partial charge in [0.15, 0.2) is 0 Å². The van der Waals surface area contributed by atoms with E-state index in [1.165, 1.54) is 29.8 Å². The van der Waals surface area contributed by atoms with E-state index >= 15 is 0 Å². The number of ether oxygens (including phenoxy) is 1. The summed E-state index contributed by atoms with van der Waals surface area (Å²) in [5.41, 5.74) is 3.95. The number of benzene rings is 3. The Morgan fingerprint density at radius 2 is 1.51 bits per heavy atom. The number of anilines is 1. The first-order valence-electron chi connectivity index (χ1n) is 14.7. The molecule has 7 heteroatoms. The van der Waals surface area contributed by atoms with E-state index in [2.05, 4.69) is 42.7 Å². The zero-order valence-corrected chi connectivity index (χ0v) is 24.4. The van der Waals surface area contributed by atoms with Gasteiger partial charge in [-0.1, -0.05) is 51.1 Å². The maximum atomic E-state index is 14.4. The normalized spacial score (nSPS) is 18.6. The van der Waals surface area contributed by atoms with Gasteiger partial charge in [0.2, 0.25) is 5.91 Å². The Kier molecular flexibility index (Phi) is 9.05. The van der Waals surface area contributed by atoms with Crippen LogP contribution in [0.25, 0.3) is 0 Å². The summed E-state index contributed by atoms with van der Waals surface area (Å²) in [6.07, 6.45) is 1.60. The van der Waals surface area contributed by atoms with Crippen molar-refractivity contribution >= 4 is 11.6 Å². The highest BCUT2D eigenvalue weighted by molar-refractivity contribution is 5.96. The fourth-order valence-electron chi connectivity index (χ4n) is 5.87. The van der Waals surface area contributed by atoms with Gasteiger partial charge in [-0.25, -0.2) is 8.78 Å². The molecule has 0 N–H and O–H groups in total. The predicted molar refractivity (Wildman–Crippen MR) is 160 cm³/mol. The van der Waals surface area contributed by atoms with Gasteiger partial charge in [0, 0.05) is 45.2 Å². The Hall–Kier alpha value is -3.29. The van der Waals surface area contributed by atoms with Gasteiger partial charge in [0.05, 0.1) is 12.2 Å². The molecule has 0 saturated carbocycles. The number of hydrogen-bond donors (Lipinski definition) is 0. The van der Waals surface area contributed by atoms with E-state index in [4.69, 9.17) is 4.74 Å². The molecule has 5 rings (SSSR count). The number of nitrogens with zero attached hydrogens (tertiary/aromatic N) is 3. The molecule has 2 aliphatic heterocycles. The Labute approximate surface area is 242 Å². The summed E-state index contributed by atoms with van der Waals surface area (Å²) in [6.45, 7) is 12.3. The third kappa shape index (κ3) is 7.32. The Bertz CT molecular complexity index is 1310. The average molecular weight is 562 g/mol. The van der Waals surface area contributed by atoms with Crippen LogP contribution in [0.5, 0.6) is 5.75 Å². The number of carbonyl (C=O) groups is 1. The van der Waals surface area contributed by atoms with Crippen molar-refractivity contribution in [2.24, 2.45) is 0 Å². The van der Waals surface area contributed by atoms with E-state index in [1.807, 2.05) is 12.1 Å². The highest BCUT2D eigenvalue weighted by Gasteiger charge is 2.29. The summed E-state index contributed by atoms with van der Waals surface area (Å²) < 4.78 is 34.0. The molecule has 0 aromatic heterocycles. The Morgan fingerprint density at radius 1 is 0.854 bits per heavy atom. The molecule has 1 saturated heterocycles. The van der Waals surface area contributed by atoms with Crippen molar-refractivity contribution < 1.29 is 18.3 Å². The lowest BCUT2D eigenvalue weighted by atomic mass is 9.87. The SMILES string of the molecule is CC(C)(C)c1ccc(OCCN2CCN(CC(=O)N3CCCC(c4ccc(F)cc4)c4ccc(F)cc43)CC2)cc1. The molecule has 0 radical (unpaired) electrons. The van der Waals surface area contributed by atoms with Gasteiger partial charge in [-0.05, 0) is 71.3 Å². The van der Waals surface area contributed by atoms with Gasteiger partial charge in [0.25, 0.3) is 0 Å². The third-order valence-corrected chi connectivity index (χ3v) is 8.33. The molecular weight excluding hydrogens is 520 g/mol. The summed E-state index contributed by atoms with van der Waals surface area (Å²) in [7, 11) is 0. The maximum Gasteiger partial charge on any atom is 0.241 e. The number of fused-ring (bicyclic) bond motifs is 1. The highest BCUT2D eigenvalue weighted by Crippen LogP contribution is 2.39. The largest absolute Gasteiger partial charge is 0.492 e. The molecule has 218 valence electrons. The van der Waals surface area contributed by atoms with Crippen LogP contribution in [0.3, 0.4) is 0 Å². The first-order valence-corrected chi connectivity index (χ1v) is 14.7. The number of halogens is 2. The van der Waals surface area contributed by atoms with Crippen LogP contribution in [0.2, 0.25) is 0 Å². The average Bonchev–Trinajstić information content (AvgIpc) is 3.14. The van der Waals surface area contributed by atoms with Gasteiger partial charge in [-0.2, -0.15) is 0 Å². The van der Waals surface area contributed by atoms with Gasteiger partial charge >= 0.3 is 0 Å². The van der Waals surface area contributed by atoms with Crippen LogP contribution in [-0.2, 0) is 10.2 Å². The van der Waals surface area contributed by atoms with E-state index in [9.17, 15) is 13.6 Å². The lowest BCUT2D eigenvalue weighted by Gasteiger charge is -2.35. The molecule has 3 aromatic carbocycles. The van der Waals surface area contributed by atoms with Crippen molar-refractivity contribution in [3.05, 3.63) is 95.1 Å². The highest BCUT2D eigenvalue weighted by atomic mass is 19.1. The molecule has 2 aliphatic rings. The standard InChI is InChI=1S/C34H41F2N3O2/c1-34(2,3)26-8-13-29(14-9-26)41-22-21-37-17-19-38(20-18-37)24-33(40)39-16-4-5-30(25-6-10-27(35)11-7-25)31-15-12-28(36)23-32(31)39/h6-15,23,30H,4-5,16-22,24H2,1-3H3. The lowest BCUT2D eigenvalue weighted by molar-refractivity contribution is -0.120. The second-order valence-corrected chi connectivity index (χ2v) is 12.2. The molecule has 0 spiro atoms. The molecule has 0 bridgehead atoms. The van der Waals surface area contributed by atoms with Gasteiger partial charge < -0.3 is 9.64 Å². The van der Waals surface area contributed by atoms with Crippen LogP contribution in [0, 0.1) is 11.6 Å². The minimum Gasteiger partial charge on any atom is -0.492 e. The molecule has 1 unspecified atom stereocenters. The molecule has 5 nitrogen and oxygen atoms in total. The Morgan fingerprint density at radius 3 is 2.20 bits per heavy atom. The third-order valence-electron chi connectivity index (χ3n) is 8.33. The van der Waals surface area contributed by atoms with E-state index in [1.54, 1.807) is 23.1 Å². The van der Waals surface area contributed by atoms with Crippen molar-refractivity contribution in [2.45, 2.75) is 44.9 Å². The van der Waals surface area contributed by atoms with Crippen molar-refractivity contribution in [1.29, 1.82) is 0 Å². The number of rotatable bonds is 7. The minimum atomic E-state index is -0.359. The smallest absolute Gasteiger partial charge is 0.241 e. The topological polar surface area (TPSA) is 36.0 Å². The molecule has 41 heavy (non-hydrogen) atoms. The molecule has 1 atom stereocenters. The summed E-state index contributed by atoms with van der Waals surface area (Å²) in [5, 5.41) is 0. The summed E-state index contributed by atoms with van der Waals surface area (Å²) in [5.74, 6) is 0.232. The van der Waals surface area contributed by atoms with E-state index < -0.39 is 0 Å². The zero-order valence-electron chi connectivity index (χ0n) is 24.4. The fourth-order valence-corrected chi connectivity index (χ4v) is 5.87. The van der Waals surface area contributed by atoms with Gasteiger partial charge in [-0.15, -0.1) is 0 Å². The van der Waals surface area contributed by atoms with Gasteiger partial charge in [0.1, 0.15) is 24.0 Å². The summed E-state index contributed by atoms with van der Waals surface area (Å²) in [6, 6.07) is 19.6. The lowest BCUT2D eigenvalue weighted by Crippen LogP contribution is -2.51. The molecule has 0 aliphatic carbocycles. The van der Waals surface area contributed by atoms with E-state index in [-0.39, 0.29) is 28.9 Å². The zero-order chi connectivity index (χ0) is 29.0. The van der Waals surface area contributed by atoms with Crippen LogP contribution in [-0.4, -0.2) is 68.1 Å². The van der Waals surface area contributed by atoms with Crippen LogP contribution in [0.15, 0.2) is 66.7 Å². The van der Waals surface area contributed by atoms with Crippen molar-refractivity contribution in [2.75, 3.05) is 57.3 Å². The van der Waals surface area contributed by atoms with Crippen LogP contribution >= 0.6 is 0 Å². The number of amides is 1. The fraction of sp³-hybridized carbons (Fsp3) is 0.441. The van der Waals surface area contributed by atoms with Crippen LogP contribution in [0.1, 0.15) is 56.2 Å². The number of hydrogen-bond acceptors (Lipinski definition) is 4. The van der Waals surface area contributed by atoms with Crippen LogP contribution < -0.4 is 9.64 Å². The molecule has 3 aromatic rings. The van der Waals surface area contributed by atoms with Crippen LogP contribution in [0.4, 0.5) is 14.5 Å². The molecular formula is C34H41F2N3O2. The van der Waals surface area contributed by atoms with E-state index in [0.717, 1.165) is 62.4 Å². The first-order chi connectivity index (χ1) is 19.7. The van der Waals surface area contributed by atoms with Crippen molar-refractivity contribution in [3.8, 4) is 5.75 Å². The molecule has 1 amide bonds. The number of carbonyl (C=O) groups excluding carboxylic acids is 1. The Balaban J connectivity index is 1.14. The minimum absolute atomic E-state index is 0.00732. The quantitative estimate of drug-likeness (QED) is 0.343. The van der Waals surface area contributed by atoms with Crippen molar-refractivity contribution in [3.63, 3.8) is 0 Å². The maximum absolute atomic E-state index is 14.4. The summed E-state index contributed by atoms with van der Waals surface area (Å²) >= 11 is 0. The molecule has 2 heterocycles. The predicted octanol–water partition coefficient (Wildman–Crippen LogP) is 6.22. The van der Waals surface area contributed by atoms with Gasteiger partial charge in [-0.3, -0.25) is 14.6 Å². The summed E-state index contributed by atoms with van der Waals surface area (Å²) in [4.78, 5) is 19.9. The van der Waals surface area contributed by atoms with E-state index in [0.29, 0.717) is 25.4 Å². The first kappa shape index (κ1) is 29.2. The van der Waals surface area contributed by atoms with Crippen molar-refractivity contribution in [1.82, 2.24) is 9.80 Å². The monoisotopic (exact) mass is 561 g/mol.